The van der Waals surface area contributed by atoms with Crippen LogP contribution in [0.1, 0.15) is 20.3 Å². The topological polar surface area (TPSA) is 188 Å². The van der Waals surface area contributed by atoms with Crippen molar-refractivity contribution in [1.29, 1.82) is 0 Å². The number of thiol groups is 1. The quantitative estimate of drug-likeness (QED) is 0.189. The highest BCUT2D eigenvalue weighted by Crippen LogP contribution is 2.05. The van der Waals surface area contributed by atoms with Gasteiger partial charge in [0.1, 0.15) is 18.1 Å². The highest BCUT2D eigenvalue weighted by molar-refractivity contribution is 7.80. The molecule has 0 rings (SSSR count). The van der Waals surface area contributed by atoms with Gasteiger partial charge in [0.25, 0.3) is 0 Å². The van der Waals surface area contributed by atoms with Crippen molar-refractivity contribution in [3.8, 4) is 0 Å². The highest BCUT2D eigenvalue weighted by atomic mass is 32.1. The van der Waals surface area contributed by atoms with Gasteiger partial charge in [0.15, 0.2) is 0 Å². The molecule has 3 amide bonds. The summed E-state index contributed by atoms with van der Waals surface area (Å²) in [5.74, 6) is -5.64. The Bertz CT molecular complexity index is 555. The molecule has 0 saturated heterocycles. The number of rotatable bonds is 11. The number of amides is 3. The summed E-state index contributed by atoms with van der Waals surface area (Å²) in [5.41, 5.74) is 5.13. The number of carbonyl (C=O) groups excluding carboxylic acids is 3. The van der Waals surface area contributed by atoms with E-state index in [0.29, 0.717) is 0 Å². The molecule has 0 aliphatic heterocycles. The smallest absolute Gasteiger partial charge is 0.327 e. The first-order valence-electron chi connectivity index (χ1n) is 7.69. The van der Waals surface area contributed by atoms with Gasteiger partial charge in [-0.25, -0.2) is 4.79 Å². The maximum atomic E-state index is 12.3. The molecule has 7 N–H and O–H groups in total. The van der Waals surface area contributed by atoms with Gasteiger partial charge in [-0.15, -0.1) is 0 Å². The molecule has 12 heteroatoms. The van der Waals surface area contributed by atoms with Crippen LogP contribution in [0.4, 0.5) is 0 Å². The third-order valence-electron chi connectivity index (χ3n) is 3.26. The molecule has 0 heterocycles. The van der Waals surface area contributed by atoms with E-state index < -0.39 is 66.7 Å². The van der Waals surface area contributed by atoms with Crippen molar-refractivity contribution in [2.45, 2.75) is 38.4 Å². The summed E-state index contributed by atoms with van der Waals surface area (Å²) in [6.07, 6.45) is -0.710. The van der Waals surface area contributed by atoms with Gasteiger partial charge in [0.05, 0.1) is 13.0 Å². The number of nitrogens with two attached hydrogens (primary N) is 1. The lowest BCUT2D eigenvalue weighted by molar-refractivity contribution is -0.143. The number of nitrogens with one attached hydrogen (secondary N) is 3. The molecule has 0 saturated carbocycles. The van der Waals surface area contributed by atoms with Gasteiger partial charge in [-0.3, -0.25) is 19.2 Å². The first-order valence-corrected chi connectivity index (χ1v) is 8.32. The van der Waals surface area contributed by atoms with Crippen LogP contribution in [0.2, 0.25) is 0 Å². The summed E-state index contributed by atoms with van der Waals surface area (Å²) < 4.78 is 0. The van der Waals surface area contributed by atoms with Crippen LogP contribution in [-0.4, -0.2) is 70.3 Å². The summed E-state index contributed by atoms with van der Waals surface area (Å²) in [6.45, 7) is 2.76. The SMILES string of the molecule is CC(C)C(NC(=O)C(CC(=O)O)NC(=O)CN)C(=O)NC(CS)C(=O)O. The summed E-state index contributed by atoms with van der Waals surface area (Å²) in [6, 6.07) is -3.83. The summed E-state index contributed by atoms with van der Waals surface area (Å²) in [4.78, 5) is 57.8. The maximum absolute atomic E-state index is 12.3. The normalized spacial score (nSPS) is 14.0. The van der Waals surface area contributed by atoms with Crippen molar-refractivity contribution in [2.24, 2.45) is 11.7 Å². The average molecular weight is 392 g/mol. The van der Waals surface area contributed by atoms with Crippen LogP contribution in [0.15, 0.2) is 0 Å². The number of aliphatic carboxylic acids is 2. The lowest BCUT2D eigenvalue weighted by Crippen LogP contribution is -2.58. The fourth-order valence-corrected chi connectivity index (χ4v) is 2.12. The Balaban J connectivity index is 5.21. The zero-order valence-corrected chi connectivity index (χ0v) is 15.3. The second-order valence-corrected chi connectivity index (χ2v) is 6.10. The first-order chi connectivity index (χ1) is 12.0. The first kappa shape index (κ1) is 23.7. The standard InChI is InChI=1S/C14H24N4O7S/c1-6(2)11(13(23)17-8(5-26)14(24)25)18-12(22)7(3-10(20)21)16-9(19)4-15/h6-8,11,26H,3-5,15H2,1-2H3,(H,16,19)(H,17,23)(H,18,22)(H,20,21)(H,24,25). The van der Waals surface area contributed by atoms with E-state index in [9.17, 15) is 24.0 Å². The van der Waals surface area contributed by atoms with Crippen LogP contribution in [-0.2, 0) is 24.0 Å². The van der Waals surface area contributed by atoms with Crippen LogP contribution >= 0.6 is 12.6 Å². The fraction of sp³-hybridized carbons (Fsp3) is 0.643. The van der Waals surface area contributed by atoms with Crippen molar-refractivity contribution >= 4 is 42.3 Å². The zero-order valence-electron chi connectivity index (χ0n) is 14.4. The molecule has 3 unspecified atom stereocenters. The Labute approximate surface area is 155 Å². The van der Waals surface area contributed by atoms with E-state index in [1.54, 1.807) is 13.8 Å². The van der Waals surface area contributed by atoms with E-state index in [1.165, 1.54) is 0 Å². The number of hydrogen-bond donors (Lipinski definition) is 7. The molecule has 0 aromatic rings. The van der Waals surface area contributed by atoms with Gasteiger partial charge in [-0.2, -0.15) is 12.6 Å². The third kappa shape index (κ3) is 8.16. The van der Waals surface area contributed by atoms with Crippen LogP contribution in [0.25, 0.3) is 0 Å². The minimum Gasteiger partial charge on any atom is -0.481 e. The molecular weight excluding hydrogens is 368 g/mol. The van der Waals surface area contributed by atoms with Gasteiger partial charge in [0.2, 0.25) is 17.7 Å². The van der Waals surface area contributed by atoms with E-state index in [1.807, 2.05) is 0 Å². The van der Waals surface area contributed by atoms with Crippen LogP contribution in [0, 0.1) is 5.92 Å². The van der Waals surface area contributed by atoms with Crippen LogP contribution < -0.4 is 21.7 Å². The lowest BCUT2D eigenvalue weighted by atomic mass is 10.0. The molecular formula is C14H24N4O7S. The molecule has 11 nitrogen and oxygen atoms in total. The zero-order chi connectivity index (χ0) is 20.4. The van der Waals surface area contributed by atoms with Gasteiger partial charge in [-0.05, 0) is 5.92 Å². The summed E-state index contributed by atoms with van der Waals surface area (Å²) in [7, 11) is 0. The molecule has 0 aliphatic rings. The molecule has 26 heavy (non-hydrogen) atoms. The van der Waals surface area contributed by atoms with Crippen LogP contribution in [0.3, 0.4) is 0 Å². The van der Waals surface area contributed by atoms with Crippen molar-refractivity contribution in [3.05, 3.63) is 0 Å². The minimum absolute atomic E-state index is 0.159. The predicted octanol–water partition coefficient (Wildman–Crippen LogP) is -2.46. The maximum Gasteiger partial charge on any atom is 0.327 e. The second-order valence-electron chi connectivity index (χ2n) is 5.73. The monoisotopic (exact) mass is 392 g/mol. The molecule has 148 valence electrons. The summed E-state index contributed by atoms with van der Waals surface area (Å²) >= 11 is 3.83. The molecule has 0 bridgehead atoms. The molecule has 3 atom stereocenters. The van der Waals surface area contributed by atoms with Gasteiger partial charge in [-0.1, -0.05) is 13.8 Å². The van der Waals surface area contributed by atoms with E-state index in [-0.39, 0.29) is 5.75 Å². The average Bonchev–Trinajstić information content (AvgIpc) is 2.55. The second kappa shape index (κ2) is 11.3. The van der Waals surface area contributed by atoms with Crippen LogP contribution in [0.5, 0.6) is 0 Å². The van der Waals surface area contributed by atoms with E-state index in [0.717, 1.165) is 0 Å². The Kier molecular flexibility index (Phi) is 10.3. The van der Waals surface area contributed by atoms with Crippen molar-refractivity contribution < 1.29 is 34.2 Å². The van der Waals surface area contributed by atoms with Gasteiger partial charge < -0.3 is 31.9 Å². The molecule has 0 spiro atoms. The lowest BCUT2D eigenvalue weighted by Gasteiger charge is -2.25. The number of hydrogen-bond acceptors (Lipinski definition) is 7. The van der Waals surface area contributed by atoms with E-state index in [2.05, 4.69) is 28.6 Å². The van der Waals surface area contributed by atoms with Crippen molar-refractivity contribution in [1.82, 2.24) is 16.0 Å². The molecule has 0 aromatic carbocycles. The minimum atomic E-state index is -1.43. The Hall–Kier alpha value is -2.34. The molecule has 0 radical (unpaired) electrons. The molecule has 0 aliphatic carbocycles. The molecule has 0 aromatic heterocycles. The predicted molar refractivity (Wildman–Crippen MR) is 93.4 cm³/mol. The largest absolute Gasteiger partial charge is 0.481 e. The summed E-state index contributed by atoms with van der Waals surface area (Å²) in [5, 5.41) is 24.5. The van der Waals surface area contributed by atoms with Gasteiger partial charge >= 0.3 is 11.9 Å². The Morgan fingerprint density at radius 2 is 1.54 bits per heavy atom. The molecule has 0 fully saturated rings. The van der Waals surface area contributed by atoms with Crippen molar-refractivity contribution in [3.63, 3.8) is 0 Å². The number of carbonyl (C=O) groups is 5. The van der Waals surface area contributed by atoms with E-state index in [4.69, 9.17) is 15.9 Å². The number of carboxylic acids is 2. The van der Waals surface area contributed by atoms with Crippen molar-refractivity contribution in [2.75, 3.05) is 12.3 Å². The third-order valence-corrected chi connectivity index (χ3v) is 3.63. The fourth-order valence-electron chi connectivity index (χ4n) is 1.87. The highest BCUT2D eigenvalue weighted by Gasteiger charge is 2.31. The van der Waals surface area contributed by atoms with Gasteiger partial charge in [0, 0.05) is 5.75 Å². The number of carboxylic acid groups (broad SMARTS) is 2. The Morgan fingerprint density at radius 1 is 0.962 bits per heavy atom. The Morgan fingerprint density at radius 3 is 1.92 bits per heavy atom. The van der Waals surface area contributed by atoms with E-state index >= 15 is 0 Å².